The number of hydrogen-bond donors (Lipinski definition) is 2. The highest BCUT2D eigenvalue weighted by atomic mass is 19.1. The van der Waals surface area contributed by atoms with Gasteiger partial charge < -0.3 is 10.4 Å². The molecule has 0 aliphatic heterocycles. The number of halogens is 1. The Hall–Kier alpha value is -1.58. The molecule has 0 spiro atoms. The van der Waals surface area contributed by atoms with Gasteiger partial charge in [-0.25, -0.2) is 4.39 Å². The number of phenols is 1. The van der Waals surface area contributed by atoms with Crippen LogP contribution in [-0.4, -0.2) is 17.1 Å². The highest BCUT2D eigenvalue weighted by Gasteiger charge is 2.24. The van der Waals surface area contributed by atoms with Crippen LogP contribution in [0.15, 0.2) is 18.2 Å². The molecule has 19 heavy (non-hydrogen) atoms. The second-order valence-corrected chi connectivity index (χ2v) is 5.33. The Labute approximate surface area is 112 Å². The molecule has 0 saturated heterocycles. The summed E-state index contributed by atoms with van der Waals surface area (Å²) in [6.45, 7) is 2.11. The summed E-state index contributed by atoms with van der Waals surface area (Å²) >= 11 is 0. The summed E-state index contributed by atoms with van der Waals surface area (Å²) in [5.41, 5.74) is -0.251. The number of aromatic hydroxyl groups is 1. The van der Waals surface area contributed by atoms with Crippen molar-refractivity contribution in [3.05, 3.63) is 29.6 Å². The van der Waals surface area contributed by atoms with Crippen LogP contribution >= 0.6 is 0 Å². The van der Waals surface area contributed by atoms with E-state index < -0.39 is 11.7 Å². The predicted octanol–water partition coefficient (Wildman–Crippen LogP) is 3.23. The second-order valence-electron chi connectivity index (χ2n) is 5.33. The fourth-order valence-corrected chi connectivity index (χ4v) is 2.69. The molecule has 1 aromatic rings. The smallest absolute Gasteiger partial charge is 0.258 e. The number of nitrogens with one attached hydrogen (secondary N) is 1. The summed E-state index contributed by atoms with van der Waals surface area (Å²) in [6, 6.07) is 3.96. The van der Waals surface area contributed by atoms with Gasteiger partial charge in [0.1, 0.15) is 17.1 Å². The minimum absolute atomic E-state index is 0.0639. The van der Waals surface area contributed by atoms with E-state index in [1.165, 1.54) is 31.0 Å². The zero-order valence-corrected chi connectivity index (χ0v) is 11.2. The van der Waals surface area contributed by atoms with Crippen LogP contribution in [0.5, 0.6) is 5.75 Å². The maximum absolute atomic E-state index is 13.6. The zero-order valence-electron chi connectivity index (χ0n) is 11.2. The van der Waals surface area contributed by atoms with Crippen LogP contribution < -0.4 is 5.32 Å². The number of phenolic OH excluding ortho intramolecular Hbond substituents is 1. The third kappa shape index (κ3) is 3.25. The summed E-state index contributed by atoms with van der Waals surface area (Å²) in [7, 11) is 0. The minimum Gasteiger partial charge on any atom is -0.507 e. The van der Waals surface area contributed by atoms with Crippen molar-refractivity contribution in [2.45, 2.75) is 45.1 Å². The zero-order chi connectivity index (χ0) is 13.8. The molecule has 104 valence electrons. The quantitative estimate of drug-likeness (QED) is 0.807. The largest absolute Gasteiger partial charge is 0.507 e. The first-order valence-electron chi connectivity index (χ1n) is 6.88. The van der Waals surface area contributed by atoms with Crippen molar-refractivity contribution in [1.82, 2.24) is 5.32 Å². The molecule has 2 rings (SSSR count). The van der Waals surface area contributed by atoms with Gasteiger partial charge in [0.25, 0.3) is 5.91 Å². The third-order valence-electron chi connectivity index (χ3n) is 3.90. The number of rotatable bonds is 2. The molecule has 1 aliphatic rings. The Balaban J connectivity index is 2.12. The van der Waals surface area contributed by atoms with E-state index in [0.29, 0.717) is 5.92 Å². The van der Waals surface area contributed by atoms with Gasteiger partial charge in [-0.05, 0) is 30.9 Å². The molecular weight excluding hydrogens is 245 g/mol. The lowest BCUT2D eigenvalue weighted by atomic mass is 9.96. The standard InChI is InChI=1S/C15H20FNO2/c1-10-6-3-2-4-8-12(10)17-15(19)14-11(16)7-5-9-13(14)18/h5,7,9-10,12,18H,2-4,6,8H2,1H3,(H,17,19). The van der Waals surface area contributed by atoms with Crippen LogP contribution in [0.2, 0.25) is 0 Å². The van der Waals surface area contributed by atoms with Crippen LogP contribution in [0.4, 0.5) is 4.39 Å². The van der Waals surface area contributed by atoms with Gasteiger partial charge in [0.05, 0.1) is 0 Å². The van der Waals surface area contributed by atoms with Crippen LogP contribution in [0.1, 0.15) is 49.4 Å². The van der Waals surface area contributed by atoms with Gasteiger partial charge >= 0.3 is 0 Å². The lowest BCUT2D eigenvalue weighted by molar-refractivity contribution is 0.0914. The number of hydrogen-bond acceptors (Lipinski definition) is 2. The first-order chi connectivity index (χ1) is 9.09. The van der Waals surface area contributed by atoms with Gasteiger partial charge in [0, 0.05) is 6.04 Å². The Kier molecular flexibility index (Phi) is 4.40. The summed E-state index contributed by atoms with van der Waals surface area (Å²) in [6.07, 6.45) is 5.44. The number of benzene rings is 1. The lowest BCUT2D eigenvalue weighted by Crippen LogP contribution is -2.39. The fourth-order valence-electron chi connectivity index (χ4n) is 2.69. The van der Waals surface area contributed by atoms with E-state index in [1.54, 1.807) is 0 Å². The molecule has 4 heteroatoms. The molecule has 1 fully saturated rings. The minimum atomic E-state index is -0.682. The van der Waals surface area contributed by atoms with E-state index in [9.17, 15) is 14.3 Å². The van der Waals surface area contributed by atoms with Crippen molar-refractivity contribution in [2.75, 3.05) is 0 Å². The highest BCUT2D eigenvalue weighted by molar-refractivity contribution is 5.97. The molecule has 1 aromatic carbocycles. The van der Waals surface area contributed by atoms with Crippen molar-refractivity contribution < 1.29 is 14.3 Å². The monoisotopic (exact) mass is 265 g/mol. The summed E-state index contributed by atoms with van der Waals surface area (Å²) in [4.78, 5) is 12.1. The predicted molar refractivity (Wildman–Crippen MR) is 71.6 cm³/mol. The van der Waals surface area contributed by atoms with Crippen LogP contribution in [0, 0.1) is 11.7 Å². The molecule has 0 radical (unpaired) electrons. The van der Waals surface area contributed by atoms with Crippen molar-refractivity contribution in [3.63, 3.8) is 0 Å². The van der Waals surface area contributed by atoms with Crippen molar-refractivity contribution >= 4 is 5.91 Å². The molecular formula is C15H20FNO2. The Bertz CT molecular complexity index is 441. The summed E-state index contributed by atoms with van der Waals surface area (Å²) < 4.78 is 13.6. The summed E-state index contributed by atoms with van der Waals surface area (Å²) in [5, 5.41) is 12.5. The van der Waals surface area contributed by atoms with Crippen LogP contribution in [-0.2, 0) is 0 Å². The molecule has 2 N–H and O–H groups in total. The maximum atomic E-state index is 13.6. The van der Waals surface area contributed by atoms with Gasteiger partial charge in [0.15, 0.2) is 0 Å². The van der Waals surface area contributed by atoms with Gasteiger partial charge in [-0.3, -0.25) is 4.79 Å². The van der Waals surface area contributed by atoms with Crippen LogP contribution in [0.3, 0.4) is 0 Å². The molecule has 0 bridgehead atoms. The molecule has 2 unspecified atom stereocenters. The number of carbonyl (C=O) groups is 1. The molecule has 2 atom stereocenters. The van der Waals surface area contributed by atoms with E-state index in [4.69, 9.17) is 0 Å². The molecule has 3 nitrogen and oxygen atoms in total. The first-order valence-corrected chi connectivity index (χ1v) is 6.88. The van der Waals surface area contributed by atoms with Gasteiger partial charge in [-0.2, -0.15) is 0 Å². The van der Waals surface area contributed by atoms with Gasteiger partial charge in [0.2, 0.25) is 0 Å². The Morgan fingerprint density at radius 2 is 2.05 bits per heavy atom. The fraction of sp³-hybridized carbons (Fsp3) is 0.533. The topological polar surface area (TPSA) is 49.3 Å². The molecule has 0 aromatic heterocycles. The Morgan fingerprint density at radius 3 is 2.79 bits per heavy atom. The molecule has 1 saturated carbocycles. The van der Waals surface area contributed by atoms with Crippen molar-refractivity contribution in [3.8, 4) is 5.75 Å². The van der Waals surface area contributed by atoms with E-state index in [-0.39, 0.29) is 17.4 Å². The third-order valence-corrected chi connectivity index (χ3v) is 3.90. The number of carbonyl (C=O) groups excluding carboxylic acids is 1. The van der Waals surface area contributed by atoms with Gasteiger partial charge in [-0.15, -0.1) is 0 Å². The molecule has 1 amide bonds. The SMILES string of the molecule is CC1CCCCCC1NC(=O)c1c(O)cccc1F. The number of amides is 1. The first kappa shape index (κ1) is 13.8. The van der Waals surface area contributed by atoms with Gasteiger partial charge in [-0.1, -0.05) is 32.3 Å². The lowest BCUT2D eigenvalue weighted by Gasteiger charge is -2.23. The average Bonchev–Trinajstić information content (AvgIpc) is 2.55. The highest BCUT2D eigenvalue weighted by Crippen LogP contribution is 2.25. The van der Waals surface area contributed by atoms with Crippen molar-refractivity contribution in [1.29, 1.82) is 0 Å². The molecule has 1 aliphatic carbocycles. The van der Waals surface area contributed by atoms with E-state index >= 15 is 0 Å². The van der Waals surface area contributed by atoms with Crippen molar-refractivity contribution in [2.24, 2.45) is 5.92 Å². The van der Waals surface area contributed by atoms with E-state index in [1.807, 2.05) is 0 Å². The van der Waals surface area contributed by atoms with E-state index in [2.05, 4.69) is 12.2 Å². The molecule has 0 heterocycles. The summed E-state index contributed by atoms with van der Waals surface area (Å²) in [5.74, 6) is -1.12. The van der Waals surface area contributed by atoms with E-state index in [0.717, 1.165) is 19.3 Å². The second kappa shape index (κ2) is 6.04. The Morgan fingerprint density at radius 1 is 1.32 bits per heavy atom. The average molecular weight is 265 g/mol. The maximum Gasteiger partial charge on any atom is 0.258 e. The van der Waals surface area contributed by atoms with Crippen LogP contribution in [0.25, 0.3) is 0 Å². The normalized spacial score (nSPS) is 23.7.